The number of anilines is 2. The summed E-state index contributed by atoms with van der Waals surface area (Å²) in [5.41, 5.74) is 2.90. The predicted molar refractivity (Wildman–Crippen MR) is 114 cm³/mol. The summed E-state index contributed by atoms with van der Waals surface area (Å²) < 4.78 is 25.9. The SMILES string of the molecule is Cc1cc(NC(=O)c2sccc2S(=O)(=O)N(C)C)ccc1N1CCN(C)CC1. The lowest BCUT2D eigenvalue weighted by molar-refractivity contribution is 0.102. The van der Waals surface area contributed by atoms with Crippen molar-refractivity contribution in [2.24, 2.45) is 0 Å². The van der Waals surface area contributed by atoms with Crippen molar-refractivity contribution in [2.75, 3.05) is 57.5 Å². The maximum absolute atomic E-state index is 12.7. The molecule has 1 aliphatic rings. The van der Waals surface area contributed by atoms with Gasteiger partial charge < -0.3 is 15.1 Å². The van der Waals surface area contributed by atoms with Crippen LogP contribution < -0.4 is 10.2 Å². The van der Waals surface area contributed by atoms with Gasteiger partial charge in [0.05, 0.1) is 0 Å². The molecule has 0 saturated carbocycles. The number of hydrogen-bond donors (Lipinski definition) is 1. The summed E-state index contributed by atoms with van der Waals surface area (Å²) in [7, 11) is 1.37. The van der Waals surface area contributed by atoms with Crippen molar-refractivity contribution in [3.05, 3.63) is 40.1 Å². The van der Waals surface area contributed by atoms with Gasteiger partial charge in [-0.05, 0) is 49.2 Å². The Morgan fingerprint density at radius 1 is 1.14 bits per heavy atom. The van der Waals surface area contributed by atoms with E-state index >= 15 is 0 Å². The minimum absolute atomic E-state index is 0.0331. The van der Waals surface area contributed by atoms with Gasteiger partial charge in [-0.15, -0.1) is 11.3 Å². The third-order valence-corrected chi connectivity index (χ3v) is 7.79. The topological polar surface area (TPSA) is 73.0 Å². The molecule has 28 heavy (non-hydrogen) atoms. The van der Waals surface area contributed by atoms with Crippen LogP contribution in [0.3, 0.4) is 0 Å². The standard InChI is InChI=1S/C19H26N4O3S2/c1-14-13-15(5-6-16(14)23-10-8-22(4)9-11-23)20-19(24)18-17(7-12-27-18)28(25,26)21(2)3/h5-7,12-13H,8-11H2,1-4H3,(H,20,24). The van der Waals surface area contributed by atoms with Crippen molar-refractivity contribution in [1.29, 1.82) is 0 Å². The molecule has 0 unspecified atom stereocenters. The molecule has 1 fully saturated rings. The van der Waals surface area contributed by atoms with Crippen molar-refractivity contribution in [3.63, 3.8) is 0 Å². The molecule has 1 aromatic carbocycles. The fraction of sp³-hybridized carbons (Fsp3) is 0.421. The number of nitrogens with one attached hydrogen (secondary N) is 1. The Balaban J connectivity index is 1.77. The van der Waals surface area contributed by atoms with Gasteiger partial charge in [0.1, 0.15) is 9.77 Å². The monoisotopic (exact) mass is 422 g/mol. The van der Waals surface area contributed by atoms with Crippen LogP contribution in [0.1, 0.15) is 15.2 Å². The lowest BCUT2D eigenvalue weighted by atomic mass is 10.1. The molecule has 0 bridgehead atoms. The Labute approximate surface area is 170 Å². The molecular formula is C19H26N4O3S2. The van der Waals surface area contributed by atoms with Gasteiger partial charge in [0.2, 0.25) is 10.0 Å². The first-order chi connectivity index (χ1) is 13.2. The second-order valence-electron chi connectivity index (χ2n) is 7.15. The molecule has 1 aliphatic heterocycles. The predicted octanol–water partition coefficient (Wildman–Crippen LogP) is 2.31. The number of thiophene rings is 1. The fourth-order valence-electron chi connectivity index (χ4n) is 3.19. The lowest BCUT2D eigenvalue weighted by Crippen LogP contribution is -2.44. The molecule has 1 N–H and O–H groups in total. The van der Waals surface area contributed by atoms with Gasteiger partial charge in [0, 0.05) is 51.6 Å². The third-order valence-electron chi connectivity index (χ3n) is 4.89. The highest BCUT2D eigenvalue weighted by molar-refractivity contribution is 7.89. The Kier molecular flexibility index (Phi) is 6.09. The van der Waals surface area contributed by atoms with Gasteiger partial charge in [0.15, 0.2) is 0 Å². The van der Waals surface area contributed by atoms with Gasteiger partial charge in [-0.25, -0.2) is 12.7 Å². The van der Waals surface area contributed by atoms with Crippen LogP contribution in [0.2, 0.25) is 0 Å². The van der Waals surface area contributed by atoms with E-state index in [1.165, 1.54) is 20.2 Å². The molecule has 7 nitrogen and oxygen atoms in total. The number of hydrogen-bond acceptors (Lipinski definition) is 6. The average Bonchev–Trinajstić information content (AvgIpc) is 3.13. The Morgan fingerprint density at radius 3 is 2.43 bits per heavy atom. The number of likely N-dealkylation sites (N-methyl/N-ethyl adjacent to an activating group) is 1. The smallest absolute Gasteiger partial charge is 0.267 e. The van der Waals surface area contributed by atoms with Gasteiger partial charge >= 0.3 is 0 Å². The van der Waals surface area contributed by atoms with Crippen molar-refractivity contribution < 1.29 is 13.2 Å². The summed E-state index contributed by atoms with van der Waals surface area (Å²) >= 11 is 1.12. The molecule has 2 aromatic rings. The molecule has 3 rings (SSSR count). The van der Waals surface area contributed by atoms with E-state index in [1.54, 1.807) is 5.38 Å². The Bertz CT molecular complexity index is 961. The number of amides is 1. The number of aryl methyl sites for hydroxylation is 1. The molecule has 2 heterocycles. The van der Waals surface area contributed by atoms with Crippen LogP contribution in [-0.4, -0.2) is 70.9 Å². The van der Waals surface area contributed by atoms with Crippen molar-refractivity contribution >= 4 is 38.6 Å². The number of piperazine rings is 1. The van der Waals surface area contributed by atoms with Crippen molar-refractivity contribution in [3.8, 4) is 0 Å². The van der Waals surface area contributed by atoms with Crippen LogP contribution in [0.5, 0.6) is 0 Å². The first kappa shape index (κ1) is 20.8. The second-order valence-corrected chi connectivity index (χ2v) is 10.2. The van der Waals surface area contributed by atoms with E-state index in [0.717, 1.165) is 53.1 Å². The van der Waals surface area contributed by atoms with Crippen LogP contribution >= 0.6 is 11.3 Å². The fourth-order valence-corrected chi connectivity index (χ4v) is 5.38. The highest BCUT2D eigenvalue weighted by atomic mass is 32.2. The Morgan fingerprint density at radius 2 is 1.82 bits per heavy atom. The van der Waals surface area contributed by atoms with Gasteiger partial charge in [-0.1, -0.05) is 0 Å². The van der Waals surface area contributed by atoms with Gasteiger partial charge in [0.25, 0.3) is 5.91 Å². The number of rotatable bonds is 5. The summed E-state index contributed by atoms with van der Waals surface area (Å²) in [6.07, 6.45) is 0. The largest absolute Gasteiger partial charge is 0.369 e. The van der Waals surface area contributed by atoms with E-state index in [2.05, 4.69) is 22.2 Å². The highest BCUT2D eigenvalue weighted by Gasteiger charge is 2.26. The first-order valence-corrected chi connectivity index (χ1v) is 11.4. The number of nitrogens with zero attached hydrogens (tertiary/aromatic N) is 3. The van der Waals surface area contributed by atoms with Crippen LogP contribution in [0.25, 0.3) is 0 Å². The molecule has 0 aliphatic carbocycles. The average molecular weight is 423 g/mol. The summed E-state index contributed by atoms with van der Waals surface area (Å²) in [6.45, 7) is 6.03. The molecule has 0 spiro atoms. The van der Waals surface area contributed by atoms with Crippen molar-refractivity contribution in [1.82, 2.24) is 9.21 Å². The zero-order valence-corrected chi connectivity index (χ0v) is 18.2. The number of benzene rings is 1. The maximum Gasteiger partial charge on any atom is 0.267 e. The normalized spacial score (nSPS) is 15.8. The zero-order valence-electron chi connectivity index (χ0n) is 16.6. The Hall–Kier alpha value is -1.94. The number of carbonyl (C=O) groups excluding carboxylic acids is 1. The minimum atomic E-state index is -3.66. The van der Waals surface area contributed by atoms with Crippen LogP contribution in [0.15, 0.2) is 34.5 Å². The van der Waals surface area contributed by atoms with E-state index in [1.807, 2.05) is 25.1 Å². The molecule has 0 atom stereocenters. The van der Waals surface area contributed by atoms with Gasteiger partial charge in [-0.2, -0.15) is 0 Å². The first-order valence-electron chi connectivity index (χ1n) is 9.05. The molecule has 1 saturated heterocycles. The summed E-state index contributed by atoms with van der Waals surface area (Å²) in [4.78, 5) is 17.6. The summed E-state index contributed by atoms with van der Waals surface area (Å²) in [5.74, 6) is -0.415. The molecule has 9 heteroatoms. The van der Waals surface area contributed by atoms with Crippen LogP contribution in [0.4, 0.5) is 11.4 Å². The maximum atomic E-state index is 12.7. The molecule has 1 amide bonds. The van der Waals surface area contributed by atoms with E-state index in [0.29, 0.717) is 5.69 Å². The summed E-state index contributed by atoms with van der Waals surface area (Å²) in [5, 5.41) is 4.45. The van der Waals surface area contributed by atoms with E-state index in [-0.39, 0.29) is 9.77 Å². The molecule has 0 radical (unpaired) electrons. The minimum Gasteiger partial charge on any atom is -0.369 e. The van der Waals surface area contributed by atoms with E-state index in [9.17, 15) is 13.2 Å². The summed E-state index contributed by atoms with van der Waals surface area (Å²) in [6, 6.07) is 7.28. The molecule has 1 aromatic heterocycles. The quantitative estimate of drug-likeness (QED) is 0.801. The molecule has 152 valence electrons. The second kappa shape index (κ2) is 8.20. The van der Waals surface area contributed by atoms with E-state index < -0.39 is 15.9 Å². The van der Waals surface area contributed by atoms with E-state index in [4.69, 9.17) is 0 Å². The van der Waals surface area contributed by atoms with Crippen LogP contribution in [0, 0.1) is 6.92 Å². The van der Waals surface area contributed by atoms with Crippen molar-refractivity contribution in [2.45, 2.75) is 11.8 Å². The number of carbonyl (C=O) groups is 1. The third kappa shape index (κ3) is 4.22. The van der Waals surface area contributed by atoms with Crippen LogP contribution in [-0.2, 0) is 10.0 Å². The highest BCUT2D eigenvalue weighted by Crippen LogP contribution is 2.27. The van der Waals surface area contributed by atoms with Gasteiger partial charge in [-0.3, -0.25) is 4.79 Å². The molecular weight excluding hydrogens is 396 g/mol. The lowest BCUT2D eigenvalue weighted by Gasteiger charge is -2.35. The number of sulfonamides is 1. The zero-order chi connectivity index (χ0) is 20.5.